The zero-order valence-electron chi connectivity index (χ0n) is 8.71. The van der Waals surface area contributed by atoms with Crippen molar-refractivity contribution in [2.45, 2.75) is 19.3 Å². The fraction of sp³-hybridized carbons (Fsp3) is 0.909. The molecule has 0 amide bonds. The second-order valence-electron chi connectivity index (χ2n) is 4.59. The second-order valence-corrected chi connectivity index (χ2v) is 4.59. The van der Waals surface area contributed by atoms with Gasteiger partial charge in [-0.25, -0.2) is 0 Å². The summed E-state index contributed by atoms with van der Waals surface area (Å²) in [6, 6.07) is 2.37. The number of likely N-dealkylation sites (tertiary alicyclic amines) is 1. The smallest absolute Gasteiger partial charge is 0.0669 e. The summed E-state index contributed by atoms with van der Waals surface area (Å²) in [4.78, 5) is 2.46. The minimum atomic E-state index is 0.298. The van der Waals surface area contributed by atoms with Gasteiger partial charge in [0.05, 0.1) is 12.0 Å². The number of nitrogens with zero attached hydrogens (tertiary/aromatic N) is 2. The Kier molecular flexibility index (Phi) is 3.39. The van der Waals surface area contributed by atoms with E-state index < -0.39 is 0 Å². The van der Waals surface area contributed by atoms with Crippen LogP contribution in [0.4, 0.5) is 0 Å². The molecule has 2 heterocycles. The highest BCUT2D eigenvalue weighted by Crippen LogP contribution is 2.19. The Hall–Kier alpha value is -0.590. The Balaban J connectivity index is 1.73. The molecule has 78 valence electrons. The summed E-state index contributed by atoms with van der Waals surface area (Å²) in [6.45, 7) is 5.71. The Morgan fingerprint density at radius 3 is 3.00 bits per heavy atom. The van der Waals surface area contributed by atoms with Crippen molar-refractivity contribution in [1.29, 1.82) is 5.26 Å². The molecule has 2 atom stereocenters. The quantitative estimate of drug-likeness (QED) is 0.706. The van der Waals surface area contributed by atoms with E-state index in [9.17, 15) is 0 Å². The van der Waals surface area contributed by atoms with Crippen molar-refractivity contribution in [3.8, 4) is 6.07 Å². The molecule has 0 aromatic rings. The molecule has 0 aliphatic carbocycles. The molecule has 2 fully saturated rings. The van der Waals surface area contributed by atoms with Gasteiger partial charge in [-0.05, 0) is 44.8 Å². The van der Waals surface area contributed by atoms with E-state index in [-0.39, 0.29) is 0 Å². The van der Waals surface area contributed by atoms with E-state index in [4.69, 9.17) is 5.26 Å². The van der Waals surface area contributed by atoms with Gasteiger partial charge < -0.3 is 10.2 Å². The maximum absolute atomic E-state index is 8.80. The highest BCUT2D eigenvalue weighted by molar-refractivity contribution is 4.91. The summed E-state index contributed by atoms with van der Waals surface area (Å²) >= 11 is 0. The van der Waals surface area contributed by atoms with Crippen molar-refractivity contribution in [2.24, 2.45) is 11.8 Å². The average Bonchev–Trinajstić information content (AvgIpc) is 2.67. The molecule has 2 unspecified atom stereocenters. The molecule has 2 aliphatic heterocycles. The number of hydrogen-bond donors (Lipinski definition) is 1. The fourth-order valence-corrected chi connectivity index (χ4v) is 2.55. The first-order valence-electron chi connectivity index (χ1n) is 5.71. The van der Waals surface area contributed by atoms with Gasteiger partial charge in [0.2, 0.25) is 0 Å². The predicted molar refractivity (Wildman–Crippen MR) is 55.8 cm³/mol. The SMILES string of the molecule is N#CC1CCN(CC2CCCNC2)C1. The minimum Gasteiger partial charge on any atom is -0.316 e. The lowest BCUT2D eigenvalue weighted by Crippen LogP contribution is -2.37. The molecule has 0 aromatic heterocycles. The Morgan fingerprint density at radius 1 is 1.43 bits per heavy atom. The number of nitrogens with one attached hydrogen (secondary N) is 1. The minimum absolute atomic E-state index is 0.298. The van der Waals surface area contributed by atoms with Crippen molar-refractivity contribution in [1.82, 2.24) is 10.2 Å². The van der Waals surface area contributed by atoms with E-state index in [0.29, 0.717) is 5.92 Å². The van der Waals surface area contributed by atoms with Crippen LogP contribution in [-0.4, -0.2) is 37.6 Å². The summed E-state index contributed by atoms with van der Waals surface area (Å²) in [5.74, 6) is 1.12. The highest BCUT2D eigenvalue weighted by Gasteiger charge is 2.24. The van der Waals surface area contributed by atoms with Crippen LogP contribution in [0.5, 0.6) is 0 Å². The molecule has 0 radical (unpaired) electrons. The number of hydrogen-bond acceptors (Lipinski definition) is 3. The number of nitriles is 1. The van der Waals surface area contributed by atoms with Crippen LogP contribution in [0.2, 0.25) is 0 Å². The van der Waals surface area contributed by atoms with E-state index >= 15 is 0 Å². The van der Waals surface area contributed by atoms with Crippen LogP contribution in [0.1, 0.15) is 19.3 Å². The average molecular weight is 193 g/mol. The predicted octanol–water partition coefficient (Wildman–Crippen LogP) is 0.831. The maximum Gasteiger partial charge on any atom is 0.0669 e. The van der Waals surface area contributed by atoms with Gasteiger partial charge in [0, 0.05) is 13.1 Å². The molecule has 14 heavy (non-hydrogen) atoms. The van der Waals surface area contributed by atoms with Crippen molar-refractivity contribution >= 4 is 0 Å². The lowest BCUT2D eigenvalue weighted by atomic mass is 9.99. The maximum atomic E-state index is 8.80. The molecule has 2 rings (SSSR count). The molecule has 3 nitrogen and oxygen atoms in total. The Bertz CT molecular complexity index is 215. The number of rotatable bonds is 2. The van der Waals surface area contributed by atoms with E-state index in [1.165, 1.54) is 32.5 Å². The van der Waals surface area contributed by atoms with Crippen LogP contribution >= 0.6 is 0 Å². The monoisotopic (exact) mass is 193 g/mol. The Morgan fingerprint density at radius 2 is 2.36 bits per heavy atom. The van der Waals surface area contributed by atoms with Gasteiger partial charge in [-0.1, -0.05) is 0 Å². The first-order valence-corrected chi connectivity index (χ1v) is 5.71. The van der Waals surface area contributed by atoms with E-state index in [1.54, 1.807) is 0 Å². The van der Waals surface area contributed by atoms with Crippen LogP contribution in [0.15, 0.2) is 0 Å². The van der Waals surface area contributed by atoms with Gasteiger partial charge in [-0.2, -0.15) is 5.26 Å². The first-order chi connectivity index (χ1) is 6.88. The first kappa shape index (κ1) is 9.95. The topological polar surface area (TPSA) is 39.1 Å². The molecule has 0 saturated carbocycles. The standard InChI is InChI=1S/C11H19N3/c12-6-10-3-5-14(8-10)9-11-2-1-4-13-7-11/h10-11,13H,1-5,7-9H2. The zero-order valence-corrected chi connectivity index (χ0v) is 8.71. The summed E-state index contributed by atoms with van der Waals surface area (Å²) in [5.41, 5.74) is 0. The van der Waals surface area contributed by atoms with Crippen molar-refractivity contribution in [3.05, 3.63) is 0 Å². The lowest BCUT2D eigenvalue weighted by molar-refractivity contribution is 0.241. The third kappa shape index (κ3) is 2.46. The lowest BCUT2D eigenvalue weighted by Gasteiger charge is -2.27. The van der Waals surface area contributed by atoms with Gasteiger partial charge >= 0.3 is 0 Å². The van der Waals surface area contributed by atoms with Crippen LogP contribution in [0.25, 0.3) is 0 Å². The van der Waals surface area contributed by atoms with Crippen LogP contribution in [0, 0.1) is 23.2 Å². The normalized spacial score (nSPS) is 34.2. The molecule has 0 aromatic carbocycles. The summed E-state index contributed by atoms with van der Waals surface area (Å²) in [5, 5.41) is 12.2. The van der Waals surface area contributed by atoms with Gasteiger partial charge in [0.15, 0.2) is 0 Å². The van der Waals surface area contributed by atoms with Crippen LogP contribution in [0.3, 0.4) is 0 Å². The number of piperidine rings is 1. The molecule has 0 bridgehead atoms. The largest absolute Gasteiger partial charge is 0.316 e. The van der Waals surface area contributed by atoms with Gasteiger partial charge in [0.1, 0.15) is 0 Å². The van der Waals surface area contributed by atoms with Crippen LogP contribution < -0.4 is 5.32 Å². The summed E-state index contributed by atoms with van der Waals surface area (Å²) in [7, 11) is 0. The van der Waals surface area contributed by atoms with Gasteiger partial charge in [-0.3, -0.25) is 0 Å². The molecule has 3 heteroatoms. The van der Waals surface area contributed by atoms with Gasteiger partial charge in [0.25, 0.3) is 0 Å². The molecular weight excluding hydrogens is 174 g/mol. The van der Waals surface area contributed by atoms with Gasteiger partial charge in [-0.15, -0.1) is 0 Å². The fourth-order valence-electron chi connectivity index (χ4n) is 2.55. The third-order valence-electron chi connectivity index (χ3n) is 3.37. The molecule has 2 saturated heterocycles. The zero-order chi connectivity index (χ0) is 9.80. The summed E-state index contributed by atoms with van der Waals surface area (Å²) in [6.07, 6.45) is 3.76. The van der Waals surface area contributed by atoms with Crippen molar-refractivity contribution in [2.75, 3.05) is 32.7 Å². The molecule has 1 N–H and O–H groups in total. The third-order valence-corrected chi connectivity index (χ3v) is 3.37. The highest BCUT2D eigenvalue weighted by atomic mass is 15.1. The van der Waals surface area contributed by atoms with Crippen molar-refractivity contribution in [3.63, 3.8) is 0 Å². The summed E-state index contributed by atoms with van der Waals surface area (Å²) < 4.78 is 0. The van der Waals surface area contributed by atoms with E-state index in [0.717, 1.165) is 25.4 Å². The molecule has 2 aliphatic rings. The molecular formula is C11H19N3. The van der Waals surface area contributed by atoms with Crippen molar-refractivity contribution < 1.29 is 0 Å². The van der Waals surface area contributed by atoms with E-state index in [1.807, 2.05) is 0 Å². The van der Waals surface area contributed by atoms with Crippen LogP contribution in [-0.2, 0) is 0 Å². The second kappa shape index (κ2) is 4.77. The molecule has 0 spiro atoms. The Labute approximate surface area is 86.1 Å². The van der Waals surface area contributed by atoms with E-state index in [2.05, 4.69) is 16.3 Å².